The zero-order valence-electron chi connectivity index (χ0n) is 10.5. The lowest BCUT2D eigenvalue weighted by molar-refractivity contribution is 0.0595. The molecule has 2 rings (SSSR count). The van der Waals surface area contributed by atoms with E-state index in [-0.39, 0.29) is 11.5 Å². The Morgan fingerprint density at radius 2 is 2.11 bits per heavy atom. The average molecular weight is 246 g/mol. The van der Waals surface area contributed by atoms with Gasteiger partial charge in [0.1, 0.15) is 0 Å². The lowest BCUT2D eigenvalue weighted by Crippen LogP contribution is -2.08. The molecule has 94 valence electrons. The van der Waals surface area contributed by atoms with Crippen LogP contribution in [-0.2, 0) is 4.74 Å². The number of benzene rings is 1. The number of hydrogen-bond donors (Lipinski definition) is 1. The number of methoxy groups -OCH3 is 1. The smallest absolute Gasteiger partial charge is 0.362 e. The molecule has 0 unspecified atom stereocenters. The molecular weight excluding hydrogens is 232 g/mol. The molecule has 0 amide bonds. The molecule has 2 N–H and O–H groups in total. The average Bonchev–Trinajstić information content (AvgIpc) is 2.74. The fraction of sp³-hybridized carbons (Fsp3) is 0.250. The number of nitrogen functional groups attached to an aromatic ring is 1. The maximum absolute atomic E-state index is 11.4. The van der Waals surface area contributed by atoms with Crippen LogP contribution < -0.4 is 5.73 Å². The molecule has 6 nitrogen and oxygen atoms in total. The highest BCUT2D eigenvalue weighted by atomic mass is 16.5. The predicted molar refractivity (Wildman–Crippen MR) is 66.6 cm³/mol. The Morgan fingerprint density at radius 1 is 1.39 bits per heavy atom. The van der Waals surface area contributed by atoms with E-state index < -0.39 is 5.97 Å². The highest BCUT2D eigenvalue weighted by Gasteiger charge is 2.19. The summed E-state index contributed by atoms with van der Waals surface area (Å²) in [5, 5.41) is 7.64. The molecule has 18 heavy (non-hydrogen) atoms. The largest absolute Gasteiger partial charge is 0.464 e. The predicted octanol–water partition coefficient (Wildman–Crippen LogP) is 1.25. The lowest BCUT2D eigenvalue weighted by atomic mass is 10.1. The van der Waals surface area contributed by atoms with Crippen LogP contribution in [0.2, 0.25) is 0 Å². The fourth-order valence-corrected chi connectivity index (χ4v) is 1.67. The molecule has 0 fully saturated rings. The number of esters is 1. The summed E-state index contributed by atoms with van der Waals surface area (Å²) in [5.41, 5.74) is 8.84. The van der Waals surface area contributed by atoms with Gasteiger partial charge in [-0.1, -0.05) is 17.3 Å². The molecule has 1 aromatic heterocycles. The molecule has 0 aliphatic rings. The van der Waals surface area contributed by atoms with E-state index in [1.165, 1.54) is 11.8 Å². The summed E-state index contributed by atoms with van der Waals surface area (Å²) in [6.45, 7) is 3.96. The second kappa shape index (κ2) is 4.48. The Bertz CT molecular complexity index is 604. The number of carbonyl (C=O) groups excluding carboxylic acids is 1. The molecular formula is C12H14N4O2. The molecule has 0 saturated heterocycles. The minimum absolute atomic E-state index is 0.0263. The number of anilines is 1. The molecule has 0 aliphatic carbocycles. The number of hydrogen-bond acceptors (Lipinski definition) is 5. The topological polar surface area (TPSA) is 83.0 Å². The Hall–Kier alpha value is -2.37. The van der Waals surface area contributed by atoms with Gasteiger partial charge in [0.25, 0.3) is 0 Å². The van der Waals surface area contributed by atoms with Gasteiger partial charge in [-0.25, -0.2) is 4.79 Å². The Balaban J connectivity index is 2.56. The summed E-state index contributed by atoms with van der Waals surface area (Å²) in [6.07, 6.45) is 0. The fourth-order valence-electron chi connectivity index (χ4n) is 1.67. The molecule has 2 aromatic rings. The zero-order chi connectivity index (χ0) is 13.3. The van der Waals surface area contributed by atoms with E-state index >= 15 is 0 Å². The summed E-state index contributed by atoms with van der Waals surface area (Å²) in [7, 11) is 1.28. The van der Waals surface area contributed by atoms with Crippen LogP contribution in [0.5, 0.6) is 0 Å². The van der Waals surface area contributed by atoms with Crippen LogP contribution in [0.25, 0.3) is 5.69 Å². The lowest BCUT2D eigenvalue weighted by Gasteiger charge is -2.08. The van der Waals surface area contributed by atoms with Gasteiger partial charge < -0.3 is 10.5 Å². The van der Waals surface area contributed by atoms with Crippen LogP contribution in [0.4, 0.5) is 5.82 Å². The number of carbonyl (C=O) groups is 1. The van der Waals surface area contributed by atoms with Gasteiger partial charge in [-0.05, 0) is 31.0 Å². The van der Waals surface area contributed by atoms with Crippen molar-refractivity contribution >= 4 is 11.8 Å². The van der Waals surface area contributed by atoms with Gasteiger partial charge in [-0.2, -0.15) is 4.68 Å². The number of aromatic nitrogens is 3. The number of ether oxygens (including phenoxy) is 1. The van der Waals surface area contributed by atoms with Crippen molar-refractivity contribution in [1.82, 2.24) is 15.0 Å². The summed E-state index contributed by atoms with van der Waals surface area (Å²) >= 11 is 0. The van der Waals surface area contributed by atoms with Gasteiger partial charge in [0, 0.05) is 0 Å². The van der Waals surface area contributed by atoms with Gasteiger partial charge in [0.2, 0.25) is 5.69 Å². The van der Waals surface area contributed by atoms with Gasteiger partial charge in [-0.15, -0.1) is 5.10 Å². The van der Waals surface area contributed by atoms with Crippen molar-refractivity contribution in [1.29, 1.82) is 0 Å². The van der Waals surface area contributed by atoms with Crippen LogP contribution in [-0.4, -0.2) is 28.1 Å². The summed E-state index contributed by atoms with van der Waals surface area (Å²) < 4.78 is 6.02. The molecule has 0 atom stereocenters. The van der Waals surface area contributed by atoms with E-state index in [0.717, 1.165) is 16.8 Å². The van der Waals surface area contributed by atoms with Gasteiger partial charge in [0.15, 0.2) is 5.82 Å². The van der Waals surface area contributed by atoms with E-state index in [9.17, 15) is 4.79 Å². The van der Waals surface area contributed by atoms with Crippen LogP contribution in [0.3, 0.4) is 0 Å². The van der Waals surface area contributed by atoms with Crippen molar-refractivity contribution in [3.63, 3.8) is 0 Å². The van der Waals surface area contributed by atoms with Crippen LogP contribution >= 0.6 is 0 Å². The maximum atomic E-state index is 11.4. The van der Waals surface area contributed by atoms with E-state index in [0.29, 0.717) is 0 Å². The van der Waals surface area contributed by atoms with Crippen LogP contribution in [0, 0.1) is 13.8 Å². The molecule has 0 aliphatic heterocycles. The van der Waals surface area contributed by atoms with Crippen molar-refractivity contribution in [3.8, 4) is 5.69 Å². The first-order valence-electron chi connectivity index (χ1n) is 5.42. The number of nitrogens with two attached hydrogens (primary N) is 1. The Kier molecular flexibility index (Phi) is 3.01. The van der Waals surface area contributed by atoms with E-state index in [2.05, 4.69) is 15.0 Å². The Morgan fingerprint density at radius 3 is 2.78 bits per heavy atom. The standard InChI is InChI=1S/C12H14N4O2/c1-7-5-4-6-9(8(7)2)16-11(13)10(14-15-16)12(17)18-3/h4-6H,13H2,1-3H3. The second-order valence-corrected chi connectivity index (χ2v) is 3.95. The minimum atomic E-state index is -0.593. The summed E-state index contributed by atoms with van der Waals surface area (Å²) in [4.78, 5) is 11.4. The Labute approximate surface area is 104 Å². The number of rotatable bonds is 2. The number of aryl methyl sites for hydroxylation is 1. The van der Waals surface area contributed by atoms with Crippen LogP contribution in [0.15, 0.2) is 18.2 Å². The summed E-state index contributed by atoms with van der Waals surface area (Å²) in [5.74, 6) is -0.417. The van der Waals surface area contributed by atoms with Gasteiger partial charge >= 0.3 is 5.97 Å². The molecule has 0 spiro atoms. The molecule has 0 radical (unpaired) electrons. The molecule has 1 heterocycles. The number of nitrogens with zero attached hydrogens (tertiary/aromatic N) is 3. The first kappa shape index (κ1) is 12.1. The third-order valence-electron chi connectivity index (χ3n) is 2.89. The van der Waals surface area contributed by atoms with Crippen molar-refractivity contribution in [2.45, 2.75) is 13.8 Å². The molecule has 0 saturated carbocycles. The monoisotopic (exact) mass is 246 g/mol. The maximum Gasteiger partial charge on any atom is 0.362 e. The highest BCUT2D eigenvalue weighted by molar-refractivity contribution is 5.92. The van der Waals surface area contributed by atoms with Crippen molar-refractivity contribution in [2.24, 2.45) is 0 Å². The van der Waals surface area contributed by atoms with E-state index in [1.807, 2.05) is 32.0 Å². The van der Waals surface area contributed by atoms with Crippen molar-refractivity contribution < 1.29 is 9.53 Å². The van der Waals surface area contributed by atoms with Crippen molar-refractivity contribution in [3.05, 3.63) is 35.0 Å². The molecule has 0 bridgehead atoms. The molecule has 1 aromatic carbocycles. The molecule has 6 heteroatoms. The quantitative estimate of drug-likeness (QED) is 0.806. The first-order chi connectivity index (χ1) is 8.56. The first-order valence-corrected chi connectivity index (χ1v) is 5.42. The minimum Gasteiger partial charge on any atom is -0.464 e. The second-order valence-electron chi connectivity index (χ2n) is 3.95. The third-order valence-corrected chi connectivity index (χ3v) is 2.89. The normalized spacial score (nSPS) is 10.4. The van der Waals surface area contributed by atoms with E-state index in [1.54, 1.807) is 0 Å². The van der Waals surface area contributed by atoms with E-state index in [4.69, 9.17) is 5.73 Å². The zero-order valence-corrected chi connectivity index (χ0v) is 10.5. The van der Waals surface area contributed by atoms with Gasteiger partial charge in [0.05, 0.1) is 12.8 Å². The highest BCUT2D eigenvalue weighted by Crippen LogP contribution is 2.20. The van der Waals surface area contributed by atoms with Crippen molar-refractivity contribution in [2.75, 3.05) is 12.8 Å². The van der Waals surface area contributed by atoms with Gasteiger partial charge in [-0.3, -0.25) is 0 Å². The SMILES string of the molecule is COC(=O)c1nnn(-c2cccc(C)c2C)c1N. The summed E-state index contributed by atoms with van der Waals surface area (Å²) in [6, 6.07) is 5.76. The van der Waals surface area contributed by atoms with Crippen LogP contribution in [0.1, 0.15) is 21.6 Å². The third kappa shape index (κ3) is 1.81.